The minimum atomic E-state index is -0.176. The Kier molecular flexibility index (Phi) is 6.39. The van der Waals surface area contributed by atoms with E-state index in [0.29, 0.717) is 12.2 Å². The lowest BCUT2D eigenvalue weighted by Gasteiger charge is -2.29. The summed E-state index contributed by atoms with van der Waals surface area (Å²) < 4.78 is 6.68. The first kappa shape index (κ1) is 20.4. The third kappa shape index (κ3) is 4.38. The number of rotatable bonds is 7. The van der Waals surface area contributed by atoms with Crippen molar-refractivity contribution in [3.63, 3.8) is 0 Å². The van der Waals surface area contributed by atoms with Crippen molar-refractivity contribution in [2.75, 3.05) is 46.2 Å². The molecule has 8 heteroatoms. The number of ether oxygens (including phenoxy) is 1. The van der Waals surface area contributed by atoms with Crippen LogP contribution in [0.3, 0.4) is 0 Å². The summed E-state index contributed by atoms with van der Waals surface area (Å²) in [6.07, 6.45) is 3.83. The first-order valence-corrected chi connectivity index (χ1v) is 9.94. The number of anilines is 1. The van der Waals surface area contributed by atoms with Gasteiger partial charge in [-0.25, -0.2) is 9.78 Å². The average Bonchev–Trinajstić information content (AvgIpc) is 3.00. The van der Waals surface area contributed by atoms with E-state index >= 15 is 0 Å². The Hall–Kier alpha value is -2.35. The Balaban J connectivity index is 1.87. The Morgan fingerprint density at radius 3 is 2.71 bits per heavy atom. The maximum atomic E-state index is 12.6. The first-order valence-electron chi connectivity index (χ1n) is 9.94. The molecule has 0 bridgehead atoms. The second kappa shape index (κ2) is 8.77. The Morgan fingerprint density at radius 2 is 2.00 bits per heavy atom. The fourth-order valence-electron chi connectivity index (χ4n) is 3.99. The lowest BCUT2D eigenvalue weighted by atomic mass is 9.79. The van der Waals surface area contributed by atoms with Crippen molar-refractivity contribution in [2.24, 2.45) is 11.8 Å². The number of nitrogens with one attached hydrogen (secondary N) is 1. The van der Waals surface area contributed by atoms with Crippen molar-refractivity contribution in [2.45, 2.75) is 32.2 Å². The molecular formula is C20H31N5O3. The van der Waals surface area contributed by atoms with E-state index in [2.05, 4.69) is 14.8 Å². The van der Waals surface area contributed by atoms with Crippen molar-refractivity contribution in [1.29, 1.82) is 0 Å². The number of fused-ring (bicyclic) bond motifs is 1. The minimum Gasteiger partial charge on any atom is -0.469 e. The van der Waals surface area contributed by atoms with Crippen molar-refractivity contribution < 1.29 is 9.53 Å². The minimum absolute atomic E-state index is 0.0924. The Bertz CT molecular complexity index is 872. The summed E-state index contributed by atoms with van der Waals surface area (Å²) in [5, 5.41) is 0. The number of nitrogens with zero attached hydrogens (tertiary/aromatic N) is 4. The number of likely N-dealkylation sites (N-methyl/N-ethyl adjacent to an activating group) is 2. The van der Waals surface area contributed by atoms with Crippen LogP contribution in [-0.2, 0) is 16.1 Å². The van der Waals surface area contributed by atoms with E-state index in [1.54, 1.807) is 4.57 Å². The van der Waals surface area contributed by atoms with Gasteiger partial charge in [0.05, 0.1) is 18.5 Å². The fourth-order valence-corrected chi connectivity index (χ4v) is 3.99. The van der Waals surface area contributed by atoms with Gasteiger partial charge in [0.1, 0.15) is 5.82 Å². The van der Waals surface area contributed by atoms with Crippen molar-refractivity contribution in [1.82, 2.24) is 19.4 Å². The number of carbonyl (C=O) groups is 1. The maximum absolute atomic E-state index is 12.6. The molecule has 1 aliphatic rings. The zero-order chi connectivity index (χ0) is 20.3. The number of esters is 1. The van der Waals surface area contributed by atoms with Crippen LogP contribution in [0.4, 0.5) is 5.82 Å². The molecule has 0 aliphatic heterocycles. The van der Waals surface area contributed by atoms with Gasteiger partial charge in [-0.1, -0.05) is 12.8 Å². The molecule has 1 saturated carbocycles. The molecule has 2 heterocycles. The quantitative estimate of drug-likeness (QED) is 0.726. The number of hydrogen-bond donors (Lipinski definition) is 1. The average molecular weight is 390 g/mol. The molecule has 28 heavy (non-hydrogen) atoms. The summed E-state index contributed by atoms with van der Waals surface area (Å²) >= 11 is 0. The lowest BCUT2D eigenvalue weighted by molar-refractivity contribution is -0.148. The standard InChI is InChI=1S/C20H31N5O3/c1-23(2)11-12-24(3)17-10-9-16-18(22-17)25(20(27)21-16)13-14-7-5-6-8-15(14)19(26)28-4/h9-10,14-15H,5-8,11-13H2,1-4H3,(H,21,27). The van der Waals surface area contributed by atoms with Gasteiger partial charge in [0.15, 0.2) is 5.65 Å². The third-order valence-corrected chi connectivity index (χ3v) is 5.71. The second-order valence-electron chi connectivity index (χ2n) is 7.98. The van der Waals surface area contributed by atoms with Gasteiger partial charge in [-0.05, 0) is 45.0 Å². The summed E-state index contributed by atoms with van der Waals surface area (Å²) in [7, 11) is 7.51. The van der Waals surface area contributed by atoms with Gasteiger partial charge >= 0.3 is 11.7 Å². The summed E-state index contributed by atoms with van der Waals surface area (Å²) in [6.45, 7) is 2.24. The molecule has 2 aromatic heterocycles. The molecule has 1 fully saturated rings. The smallest absolute Gasteiger partial charge is 0.327 e. The van der Waals surface area contributed by atoms with E-state index in [9.17, 15) is 9.59 Å². The van der Waals surface area contributed by atoms with Crippen molar-refractivity contribution in [3.8, 4) is 0 Å². The lowest BCUT2D eigenvalue weighted by Crippen LogP contribution is -2.33. The van der Waals surface area contributed by atoms with Crippen LogP contribution < -0.4 is 10.6 Å². The van der Waals surface area contributed by atoms with Crippen LogP contribution >= 0.6 is 0 Å². The summed E-state index contributed by atoms with van der Waals surface area (Å²) in [4.78, 5) is 36.6. The molecule has 1 N–H and O–H groups in total. The molecule has 8 nitrogen and oxygen atoms in total. The predicted molar refractivity (Wildman–Crippen MR) is 110 cm³/mol. The van der Waals surface area contributed by atoms with Gasteiger partial charge in [-0.2, -0.15) is 0 Å². The van der Waals surface area contributed by atoms with Crippen LogP contribution in [0.15, 0.2) is 16.9 Å². The molecular weight excluding hydrogens is 358 g/mol. The number of carbonyl (C=O) groups excluding carboxylic acids is 1. The molecule has 154 valence electrons. The van der Waals surface area contributed by atoms with E-state index in [1.165, 1.54) is 7.11 Å². The Labute approximate surface area is 165 Å². The van der Waals surface area contributed by atoms with Crippen molar-refractivity contribution >= 4 is 23.0 Å². The molecule has 0 aromatic carbocycles. The number of H-pyrrole nitrogens is 1. The van der Waals surface area contributed by atoms with E-state index < -0.39 is 0 Å². The predicted octanol–water partition coefficient (Wildman–Crippen LogP) is 1.70. The molecule has 0 amide bonds. The number of aromatic nitrogens is 3. The number of imidazole rings is 1. The van der Waals surface area contributed by atoms with Gasteiger partial charge in [0, 0.05) is 26.7 Å². The SMILES string of the molecule is COC(=O)C1CCCCC1Cn1c(=O)[nH]c2ccc(N(C)CCN(C)C)nc21. The summed E-state index contributed by atoms with van der Waals surface area (Å²) in [5.41, 5.74) is 1.19. The highest BCUT2D eigenvalue weighted by Gasteiger charge is 2.32. The van der Waals surface area contributed by atoms with Gasteiger partial charge in [-0.15, -0.1) is 0 Å². The molecule has 0 saturated heterocycles. The zero-order valence-corrected chi connectivity index (χ0v) is 17.3. The first-order chi connectivity index (χ1) is 13.4. The largest absolute Gasteiger partial charge is 0.469 e. The number of methoxy groups -OCH3 is 1. The maximum Gasteiger partial charge on any atom is 0.327 e. The van der Waals surface area contributed by atoms with Crippen LogP contribution in [0.5, 0.6) is 0 Å². The van der Waals surface area contributed by atoms with E-state index in [1.807, 2.05) is 33.3 Å². The molecule has 2 aromatic rings. The zero-order valence-electron chi connectivity index (χ0n) is 17.3. The van der Waals surface area contributed by atoms with Crippen molar-refractivity contribution in [3.05, 3.63) is 22.6 Å². The molecule has 2 unspecified atom stereocenters. The highest BCUT2D eigenvalue weighted by Crippen LogP contribution is 2.32. The van der Waals surface area contributed by atoms with Gasteiger partial charge in [-0.3, -0.25) is 9.36 Å². The molecule has 3 rings (SSSR count). The van der Waals surface area contributed by atoms with Crippen LogP contribution in [0, 0.1) is 11.8 Å². The Morgan fingerprint density at radius 1 is 1.25 bits per heavy atom. The van der Waals surface area contributed by atoms with E-state index in [4.69, 9.17) is 9.72 Å². The number of pyridine rings is 1. The number of hydrogen-bond acceptors (Lipinski definition) is 6. The van der Waals surface area contributed by atoms with Gasteiger partial charge < -0.3 is 19.5 Å². The normalized spacial score (nSPS) is 19.9. The fraction of sp³-hybridized carbons (Fsp3) is 0.650. The summed E-state index contributed by atoms with van der Waals surface area (Å²) in [6, 6.07) is 3.83. The van der Waals surface area contributed by atoms with E-state index in [-0.39, 0.29) is 23.5 Å². The highest BCUT2D eigenvalue weighted by atomic mass is 16.5. The molecule has 0 spiro atoms. The number of aromatic amines is 1. The monoisotopic (exact) mass is 389 g/mol. The second-order valence-corrected chi connectivity index (χ2v) is 7.98. The van der Waals surface area contributed by atoms with Crippen LogP contribution in [-0.4, -0.2) is 66.7 Å². The van der Waals surface area contributed by atoms with Gasteiger partial charge in [0.25, 0.3) is 0 Å². The van der Waals surface area contributed by atoms with Crippen LogP contribution in [0.2, 0.25) is 0 Å². The molecule has 1 aliphatic carbocycles. The highest BCUT2D eigenvalue weighted by molar-refractivity contribution is 5.74. The van der Waals surface area contributed by atoms with E-state index in [0.717, 1.165) is 50.1 Å². The third-order valence-electron chi connectivity index (χ3n) is 5.71. The topological polar surface area (TPSA) is 83.5 Å². The van der Waals surface area contributed by atoms with Crippen LogP contribution in [0.25, 0.3) is 11.2 Å². The van der Waals surface area contributed by atoms with Gasteiger partial charge in [0.2, 0.25) is 0 Å². The summed E-state index contributed by atoms with van der Waals surface area (Å²) in [5.74, 6) is 0.598. The van der Waals surface area contributed by atoms with Crippen LogP contribution in [0.1, 0.15) is 25.7 Å². The molecule has 2 atom stereocenters. The molecule has 0 radical (unpaired) electrons.